The van der Waals surface area contributed by atoms with Crippen molar-refractivity contribution in [3.63, 3.8) is 0 Å². The Morgan fingerprint density at radius 3 is 2.58 bits per heavy atom. The quantitative estimate of drug-likeness (QED) is 0.509. The average Bonchev–Trinajstić information content (AvgIpc) is 3.15. The highest BCUT2D eigenvalue weighted by atomic mass is 35.5. The summed E-state index contributed by atoms with van der Waals surface area (Å²) in [7, 11) is 0. The Bertz CT molecular complexity index is 1070. The minimum absolute atomic E-state index is 0.0487. The number of nitrogens with zero attached hydrogens (tertiary/aromatic N) is 1. The number of hydrogen-bond donors (Lipinski definition) is 3. The molecule has 31 heavy (non-hydrogen) atoms. The smallest absolute Gasteiger partial charge is 0.294 e. The summed E-state index contributed by atoms with van der Waals surface area (Å²) >= 11 is 5.86. The maximum atomic E-state index is 13.0. The molecule has 0 spiro atoms. The van der Waals surface area contributed by atoms with Gasteiger partial charge >= 0.3 is 0 Å². The van der Waals surface area contributed by atoms with Crippen LogP contribution >= 0.6 is 11.6 Å². The summed E-state index contributed by atoms with van der Waals surface area (Å²) < 4.78 is 5.80. The molecule has 1 fully saturated rings. The highest BCUT2D eigenvalue weighted by Crippen LogP contribution is 2.33. The van der Waals surface area contributed by atoms with E-state index in [1.807, 2.05) is 18.2 Å². The number of halogens is 1. The van der Waals surface area contributed by atoms with Crippen molar-refractivity contribution in [3.8, 4) is 0 Å². The lowest BCUT2D eigenvalue weighted by Gasteiger charge is -2.28. The molecule has 0 radical (unpaired) electrons. The predicted octanol–water partition coefficient (Wildman–Crippen LogP) is 4.84. The van der Waals surface area contributed by atoms with Gasteiger partial charge in [-0.2, -0.15) is 0 Å². The molecule has 2 amide bonds. The molecule has 0 unspecified atom stereocenters. The van der Waals surface area contributed by atoms with Gasteiger partial charge in [0, 0.05) is 23.5 Å². The third kappa shape index (κ3) is 4.89. The molecule has 3 aromatic rings. The number of carbonyl (C=O) groups excluding carboxylic acids is 2. The van der Waals surface area contributed by atoms with E-state index < -0.39 is 5.91 Å². The van der Waals surface area contributed by atoms with Crippen molar-refractivity contribution < 1.29 is 14.0 Å². The summed E-state index contributed by atoms with van der Waals surface area (Å²) in [5.74, 6) is -0.267. The minimum atomic E-state index is -0.489. The van der Waals surface area contributed by atoms with Crippen LogP contribution < -0.4 is 16.0 Å². The Morgan fingerprint density at radius 1 is 1.10 bits per heavy atom. The Balaban J connectivity index is 1.54. The number of amides is 2. The number of rotatable bonds is 6. The number of aromatic nitrogens is 1. The molecule has 1 aliphatic carbocycles. The van der Waals surface area contributed by atoms with E-state index in [0.29, 0.717) is 33.5 Å². The van der Waals surface area contributed by atoms with Crippen molar-refractivity contribution in [2.75, 3.05) is 17.2 Å². The lowest BCUT2D eigenvalue weighted by molar-refractivity contribution is -0.120. The first-order valence-corrected chi connectivity index (χ1v) is 10.9. The molecule has 1 aliphatic rings. The van der Waals surface area contributed by atoms with Crippen LogP contribution in [0.1, 0.15) is 43.2 Å². The second kappa shape index (κ2) is 9.49. The fourth-order valence-corrected chi connectivity index (χ4v) is 4.14. The summed E-state index contributed by atoms with van der Waals surface area (Å²) in [5.41, 5.74) is 0.920. The van der Waals surface area contributed by atoms with Gasteiger partial charge in [-0.05, 0) is 56.5 Å². The average molecular weight is 441 g/mol. The fourth-order valence-electron chi connectivity index (χ4n) is 4.03. The topological polar surface area (TPSA) is 96.3 Å². The Labute approximate surface area is 185 Å². The second-order valence-electron chi connectivity index (χ2n) is 7.71. The lowest BCUT2D eigenvalue weighted by atomic mass is 9.85. The summed E-state index contributed by atoms with van der Waals surface area (Å²) in [6.07, 6.45) is 5.01. The van der Waals surface area contributed by atoms with E-state index in [-0.39, 0.29) is 17.6 Å². The lowest BCUT2D eigenvalue weighted by Crippen LogP contribution is -2.36. The standard InChI is InChI=1S/C23H25ClN4O3/c1-2-25-16-10-7-14(8-11-16)22(29)28-20-17-5-3-4-6-18(17)31-21(20)23(30)27-19-12-9-15(24)13-26-19/h3-6,9,12-14,16,25H,2,7-8,10-11H2,1H3,(H,28,29)(H,26,27,30)/t14-,16-. The van der Waals surface area contributed by atoms with Crippen molar-refractivity contribution in [2.45, 2.75) is 38.6 Å². The van der Waals surface area contributed by atoms with Gasteiger partial charge in [-0.25, -0.2) is 4.98 Å². The number of furan rings is 1. The molecule has 162 valence electrons. The van der Waals surface area contributed by atoms with Crippen molar-refractivity contribution in [1.29, 1.82) is 0 Å². The minimum Gasteiger partial charge on any atom is -0.449 e. The van der Waals surface area contributed by atoms with Crippen LogP contribution in [0.15, 0.2) is 47.0 Å². The highest BCUT2D eigenvalue weighted by Gasteiger charge is 2.29. The van der Waals surface area contributed by atoms with Gasteiger partial charge in [-0.1, -0.05) is 30.7 Å². The molecule has 0 bridgehead atoms. The van der Waals surface area contributed by atoms with Gasteiger partial charge in [0.2, 0.25) is 11.7 Å². The molecule has 0 atom stereocenters. The second-order valence-corrected chi connectivity index (χ2v) is 8.15. The monoisotopic (exact) mass is 440 g/mol. The van der Waals surface area contributed by atoms with E-state index in [2.05, 4.69) is 27.9 Å². The first-order chi connectivity index (χ1) is 15.0. The van der Waals surface area contributed by atoms with Crippen LogP contribution in [0.25, 0.3) is 11.0 Å². The van der Waals surface area contributed by atoms with Crippen molar-refractivity contribution >= 4 is 45.9 Å². The fraction of sp³-hybridized carbons (Fsp3) is 0.348. The SMILES string of the molecule is CCN[C@H]1CC[C@H](C(=O)Nc2c(C(=O)Nc3ccc(Cl)cn3)oc3ccccc23)CC1. The third-order valence-corrected chi connectivity index (χ3v) is 5.83. The van der Waals surface area contributed by atoms with Crippen LogP contribution in [0, 0.1) is 5.92 Å². The maximum absolute atomic E-state index is 13.0. The highest BCUT2D eigenvalue weighted by molar-refractivity contribution is 6.30. The zero-order valence-corrected chi connectivity index (χ0v) is 18.0. The van der Waals surface area contributed by atoms with Crippen molar-refractivity contribution in [1.82, 2.24) is 10.3 Å². The summed E-state index contributed by atoms with van der Waals surface area (Å²) in [6.45, 7) is 3.03. The number of anilines is 2. The molecule has 2 heterocycles. The molecule has 7 nitrogen and oxygen atoms in total. The van der Waals surface area contributed by atoms with E-state index >= 15 is 0 Å². The van der Waals surface area contributed by atoms with Crippen LogP contribution in [0.4, 0.5) is 11.5 Å². The predicted molar refractivity (Wildman–Crippen MR) is 121 cm³/mol. The van der Waals surface area contributed by atoms with Crippen molar-refractivity contribution in [2.24, 2.45) is 5.92 Å². The largest absolute Gasteiger partial charge is 0.449 e. The Kier molecular flexibility index (Phi) is 6.53. The molecule has 8 heteroatoms. The number of hydrogen-bond acceptors (Lipinski definition) is 5. The van der Waals surface area contributed by atoms with Gasteiger partial charge < -0.3 is 20.4 Å². The van der Waals surface area contributed by atoms with Gasteiger partial charge in [0.1, 0.15) is 17.1 Å². The summed E-state index contributed by atoms with van der Waals surface area (Å²) in [6, 6.07) is 11.0. The van der Waals surface area contributed by atoms with Gasteiger partial charge in [0.25, 0.3) is 5.91 Å². The maximum Gasteiger partial charge on any atom is 0.294 e. The van der Waals surface area contributed by atoms with Gasteiger partial charge in [-0.3, -0.25) is 9.59 Å². The third-order valence-electron chi connectivity index (χ3n) is 5.61. The van der Waals surface area contributed by atoms with Crippen LogP contribution in [-0.2, 0) is 4.79 Å². The molecule has 3 N–H and O–H groups in total. The van der Waals surface area contributed by atoms with Crippen LogP contribution in [-0.4, -0.2) is 29.4 Å². The van der Waals surface area contributed by atoms with Crippen LogP contribution in [0.5, 0.6) is 0 Å². The summed E-state index contributed by atoms with van der Waals surface area (Å²) in [4.78, 5) is 30.0. The number of para-hydroxylation sites is 1. The number of fused-ring (bicyclic) bond motifs is 1. The molecule has 1 aromatic carbocycles. The number of benzene rings is 1. The van der Waals surface area contributed by atoms with E-state index in [1.165, 1.54) is 6.20 Å². The molecule has 4 rings (SSSR count). The summed E-state index contributed by atoms with van der Waals surface area (Å²) in [5, 5.41) is 10.3. The molecular formula is C23H25ClN4O3. The number of pyridine rings is 1. The zero-order chi connectivity index (χ0) is 21.8. The first-order valence-electron chi connectivity index (χ1n) is 10.5. The van der Waals surface area contributed by atoms with E-state index in [0.717, 1.165) is 32.2 Å². The molecule has 2 aromatic heterocycles. The van der Waals surface area contributed by atoms with E-state index in [9.17, 15) is 9.59 Å². The number of carbonyl (C=O) groups is 2. The molecule has 0 aliphatic heterocycles. The van der Waals surface area contributed by atoms with Gasteiger partial charge in [0.05, 0.1) is 5.02 Å². The van der Waals surface area contributed by atoms with Crippen LogP contribution in [0.2, 0.25) is 5.02 Å². The molecule has 1 saturated carbocycles. The Hall–Kier alpha value is -2.90. The number of nitrogens with one attached hydrogen (secondary N) is 3. The first kappa shape index (κ1) is 21.3. The van der Waals surface area contributed by atoms with Gasteiger partial charge in [-0.15, -0.1) is 0 Å². The van der Waals surface area contributed by atoms with E-state index in [4.69, 9.17) is 16.0 Å². The Morgan fingerprint density at radius 2 is 1.87 bits per heavy atom. The normalized spacial score (nSPS) is 18.6. The zero-order valence-electron chi connectivity index (χ0n) is 17.3. The molecular weight excluding hydrogens is 416 g/mol. The van der Waals surface area contributed by atoms with E-state index in [1.54, 1.807) is 18.2 Å². The molecule has 0 saturated heterocycles. The van der Waals surface area contributed by atoms with Crippen molar-refractivity contribution in [3.05, 3.63) is 53.4 Å². The van der Waals surface area contributed by atoms with Gasteiger partial charge in [0.15, 0.2) is 0 Å². The van der Waals surface area contributed by atoms with Crippen LogP contribution in [0.3, 0.4) is 0 Å².